The lowest BCUT2D eigenvalue weighted by Crippen LogP contribution is -2.34. The van der Waals surface area contributed by atoms with E-state index in [1.54, 1.807) is 11.3 Å². The maximum Gasteiger partial charge on any atom is 0.224 e. The fourth-order valence-corrected chi connectivity index (χ4v) is 9.10. The number of benzene rings is 1. The Morgan fingerprint density at radius 1 is 0.884 bits per heavy atom. The number of anilines is 1. The first-order valence-corrected chi connectivity index (χ1v) is 18.6. The highest BCUT2D eigenvalue weighted by atomic mass is 32.1. The number of hydrogen-bond acceptors (Lipinski definition) is 3. The highest BCUT2D eigenvalue weighted by Crippen LogP contribution is 2.41. The van der Waals surface area contributed by atoms with Crippen LogP contribution in [0.2, 0.25) is 0 Å². The SMILES string of the molecule is CC1CCC(CC2CCCCCC2C)CCC1CCCC(=O)Nc1ccc(-c2ccc(C3=CCN(C(C)C)CC3)cc2)s1. The molecular weight excluding hydrogens is 545 g/mol. The molecule has 2 aromatic rings. The molecule has 1 aromatic carbocycles. The zero-order chi connectivity index (χ0) is 30.2. The zero-order valence-corrected chi connectivity index (χ0v) is 28.4. The van der Waals surface area contributed by atoms with Crippen molar-refractivity contribution in [1.29, 1.82) is 0 Å². The number of nitrogens with one attached hydrogen (secondary N) is 1. The molecule has 0 saturated heterocycles. The second-order valence-electron chi connectivity index (χ2n) is 14.6. The van der Waals surface area contributed by atoms with Crippen LogP contribution >= 0.6 is 11.3 Å². The van der Waals surface area contributed by atoms with E-state index >= 15 is 0 Å². The number of carbonyl (C=O) groups excluding carboxylic acids is 1. The minimum absolute atomic E-state index is 0.171. The molecule has 4 heteroatoms. The number of nitrogens with zero attached hydrogens (tertiary/aromatic N) is 1. The molecule has 2 saturated carbocycles. The van der Waals surface area contributed by atoms with Gasteiger partial charge in [0.1, 0.15) is 0 Å². The second kappa shape index (κ2) is 15.9. The zero-order valence-electron chi connectivity index (χ0n) is 27.6. The summed E-state index contributed by atoms with van der Waals surface area (Å²) in [6.07, 6.45) is 20.7. The van der Waals surface area contributed by atoms with Gasteiger partial charge in [0.2, 0.25) is 5.91 Å². The van der Waals surface area contributed by atoms with Crippen molar-refractivity contribution in [3.63, 3.8) is 0 Å². The van der Waals surface area contributed by atoms with Crippen LogP contribution in [0.15, 0.2) is 42.5 Å². The van der Waals surface area contributed by atoms with Gasteiger partial charge in [-0.2, -0.15) is 0 Å². The van der Waals surface area contributed by atoms with Crippen molar-refractivity contribution in [2.45, 2.75) is 124 Å². The molecule has 5 rings (SSSR count). The normalized spacial score (nSPS) is 27.4. The van der Waals surface area contributed by atoms with Crippen molar-refractivity contribution in [3.05, 3.63) is 48.0 Å². The standard InChI is InChI=1S/C39H58N2OS/c1-28(2)41-25-23-34(24-26-41)33-17-19-35(20-18-33)37-21-22-39(43-37)40-38(42)12-8-11-32-16-15-31(14-13-30(32)4)27-36-10-7-5-6-9-29(36)3/h17-23,28-32,36H,5-16,24-27H2,1-4H3,(H,40,42). The Labute approximate surface area is 266 Å². The van der Waals surface area contributed by atoms with Gasteiger partial charge in [-0.25, -0.2) is 0 Å². The van der Waals surface area contributed by atoms with Crippen LogP contribution in [0.1, 0.15) is 123 Å². The quantitative estimate of drug-likeness (QED) is 0.274. The van der Waals surface area contributed by atoms with Crippen LogP contribution < -0.4 is 5.32 Å². The predicted octanol–water partition coefficient (Wildman–Crippen LogP) is 11.1. The average molecular weight is 603 g/mol. The number of rotatable bonds is 10. The third kappa shape index (κ3) is 9.30. The first kappa shape index (κ1) is 32.5. The van der Waals surface area contributed by atoms with E-state index in [0.29, 0.717) is 12.5 Å². The van der Waals surface area contributed by atoms with Crippen molar-refractivity contribution in [3.8, 4) is 10.4 Å². The Morgan fingerprint density at radius 3 is 2.40 bits per heavy atom. The fourth-order valence-electron chi connectivity index (χ4n) is 8.18. The summed E-state index contributed by atoms with van der Waals surface area (Å²) in [5.41, 5.74) is 4.03. The van der Waals surface area contributed by atoms with Crippen LogP contribution in [0.3, 0.4) is 0 Å². The molecule has 2 fully saturated rings. The van der Waals surface area contributed by atoms with Crippen molar-refractivity contribution >= 4 is 27.8 Å². The molecule has 3 nitrogen and oxygen atoms in total. The maximum atomic E-state index is 12.9. The molecule has 1 amide bonds. The van der Waals surface area contributed by atoms with Gasteiger partial charge in [0.05, 0.1) is 5.00 Å². The van der Waals surface area contributed by atoms with Gasteiger partial charge in [0, 0.05) is 30.4 Å². The van der Waals surface area contributed by atoms with Gasteiger partial charge in [-0.05, 0) is 104 Å². The molecule has 0 spiro atoms. The highest BCUT2D eigenvalue weighted by Gasteiger charge is 2.28. The minimum atomic E-state index is 0.171. The van der Waals surface area contributed by atoms with Crippen LogP contribution in [-0.4, -0.2) is 29.9 Å². The van der Waals surface area contributed by atoms with Crippen LogP contribution in [0.4, 0.5) is 5.00 Å². The summed E-state index contributed by atoms with van der Waals surface area (Å²) >= 11 is 1.69. The number of amides is 1. The van der Waals surface area contributed by atoms with E-state index in [0.717, 1.165) is 60.5 Å². The first-order valence-electron chi connectivity index (χ1n) is 17.8. The third-order valence-corrected chi connectivity index (χ3v) is 12.4. The van der Waals surface area contributed by atoms with Gasteiger partial charge in [-0.15, -0.1) is 11.3 Å². The Hall–Kier alpha value is -1.91. The van der Waals surface area contributed by atoms with E-state index in [1.165, 1.54) is 92.2 Å². The summed E-state index contributed by atoms with van der Waals surface area (Å²) in [6, 6.07) is 13.8. The lowest BCUT2D eigenvalue weighted by molar-refractivity contribution is -0.116. The van der Waals surface area contributed by atoms with E-state index in [2.05, 4.69) is 80.4 Å². The largest absolute Gasteiger partial charge is 0.318 e. The maximum absolute atomic E-state index is 12.9. The summed E-state index contributed by atoms with van der Waals surface area (Å²) in [7, 11) is 0. The summed E-state index contributed by atoms with van der Waals surface area (Å²) in [6.45, 7) is 11.7. The van der Waals surface area contributed by atoms with Gasteiger partial charge in [-0.1, -0.05) is 95.6 Å². The molecule has 5 atom stereocenters. The van der Waals surface area contributed by atoms with E-state index in [4.69, 9.17) is 0 Å². The topological polar surface area (TPSA) is 32.3 Å². The molecular formula is C39H58N2OS. The molecule has 0 bridgehead atoms. The van der Waals surface area contributed by atoms with Gasteiger partial charge in [-0.3, -0.25) is 9.69 Å². The summed E-state index contributed by atoms with van der Waals surface area (Å²) in [5.74, 6) is 4.60. The molecule has 0 radical (unpaired) electrons. The lowest BCUT2D eigenvalue weighted by atomic mass is 9.80. The van der Waals surface area contributed by atoms with Crippen LogP contribution in [-0.2, 0) is 4.79 Å². The van der Waals surface area contributed by atoms with E-state index in [9.17, 15) is 4.79 Å². The molecule has 1 aliphatic heterocycles. The summed E-state index contributed by atoms with van der Waals surface area (Å²) in [5, 5.41) is 4.16. The number of thiophene rings is 1. The number of carbonyl (C=O) groups is 1. The predicted molar refractivity (Wildman–Crippen MR) is 187 cm³/mol. The highest BCUT2D eigenvalue weighted by molar-refractivity contribution is 7.19. The molecule has 5 unspecified atom stereocenters. The van der Waals surface area contributed by atoms with E-state index in [-0.39, 0.29) is 5.91 Å². The van der Waals surface area contributed by atoms with Crippen molar-refractivity contribution in [2.75, 3.05) is 18.4 Å². The minimum Gasteiger partial charge on any atom is -0.318 e. The van der Waals surface area contributed by atoms with Gasteiger partial charge in [0.15, 0.2) is 0 Å². The molecule has 3 aliphatic rings. The summed E-state index contributed by atoms with van der Waals surface area (Å²) < 4.78 is 0. The monoisotopic (exact) mass is 602 g/mol. The van der Waals surface area contributed by atoms with E-state index < -0.39 is 0 Å². The fraction of sp³-hybridized carbons (Fsp3) is 0.667. The Kier molecular flexibility index (Phi) is 12.0. The van der Waals surface area contributed by atoms with Gasteiger partial charge < -0.3 is 5.32 Å². The Balaban J connectivity index is 1.04. The van der Waals surface area contributed by atoms with Crippen molar-refractivity contribution in [1.82, 2.24) is 4.90 Å². The lowest BCUT2D eigenvalue weighted by Gasteiger charge is -2.29. The Bertz CT molecular complexity index is 1180. The van der Waals surface area contributed by atoms with Gasteiger partial charge in [0.25, 0.3) is 0 Å². The molecule has 2 aliphatic carbocycles. The molecule has 1 N–H and O–H groups in total. The van der Waals surface area contributed by atoms with Crippen LogP contribution in [0, 0.1) is 29.6 Å². The second-order valence-corrected chi connectivity index (χ2v) is 15.7. The smallest absolute Gasteiger partial charge is 0.224 e. The average Bonchev–Trinajstić information content (AvgIpc) is 3.29. The van der Waals surface area contributed by atoms with Crippen molar-refractivity contribution < 1.29 is 4.79 Å². The molecule has 2 heterocycles. The Morgan fingerprint density at radius 2 is 1.63 bits per heavy atom. The summed E-state index contributed by atoms with van der Waals surface area (Å²) in [4.78, 5) is 16.6. The van der Waals surface area contributed by atoms with Crippen LogP contribution in [0.5, 0.6) is 0 Å². The molecule has 1 aromatic heterocycles. The van der Waals surface area contributed by atoms with Crippen LogP contribution in [0.25, 0.3) is 16.0 Å². The van der Waals surface area contributed by atoms with Crippen molar-refractivity contribution in [2.24, 2.45) is 29.6 Å². The van der Waals surface area contributed by atoms with E-state index in [1.807, 2.05) is 0 Å². The van der Waals surface area contributed by atoms with Gasteiger partial charge >= 0.3 is 0 Å². The number of hydrogen-bond donors (Lipinski definition) is 1. The first-order chi connectivity index (χ1) is 20.9. The molecule has 236 valence electrons. The third-order valence-electron chi connectivity index (χ3n) is 11.3. The molecule has 43 heavy (non-hydrogen) atoms.